The van der Waals surface area contributed by atoms with Crippen molar-refractivity contribution in [3.05, 3.63) is 59.9 Å². The van der Waals surface area contributed by atoms with Crippen molar-refractivity contribution in [2.45, 2.75) is 17.7 Å². The van der Waals surface area contributed by atoms with Gasteiger partial charge < -0.3 is 0 Å². The average Bonchev–Trinajstić information content (AvgIpc) is 2.89. The average molecular weight is 313 g/mol. The van der Waals surface area contributed by atoms with Crippen LogP contribution in [-0.2, 0) is 14.6 Å². The summed E-state index contributed by atoms with van der Waals surface area (Å²) in [4.78, 5) is 16.5. The number of rotatable bonds is 3. The van der Waals surface area contributed by atoms with Crippen molar-refractivity contribution in [1.29, 1.82) is 0 Å². The summed E-state index contributed by atoms with van der Waals surface area (Å²) in [6.07, 6.45) is 5.68. The SMILES string of the molecule is CS(=O)(=O)c1ccc(C2=C(c3ccncc3)C(=O)CC2)cc1. The van der Waals surface area contributed by atoms with E-state index in [1.54, 1.807) is 36.7 Å². The fraction of sp³-hybridized carbons (Fsp3) is 0.176. The first kappa shape index (κ1) is 14.7. The maximum atomic E-state index is 12.2. The fourth-order valence-corrected chi connectivity index (χ4v) is 3.33. The largest absolute Gasteiger partial charge is 0.294 e. The molecule has 3 rings (SSSR count). The third-order valence-corrected chi connectivity index (χ3v) is 4.91. The summed E-state index contributed by atoms with van der Waals surface area (Å²) in [5.74, 6) is 0.119. The van der Waals surface area contributed by atoms with E-state index in [1.165, 1.54) is 6.26 Å². The minimum absolute atomic E-state index is 0.119. The highest BCUT2D eigenvalue weighted by molar-refractivity contribution is 7.90. The van der Waals surface area contributed by atoms with Crippen LogP contribution < -0.4 is 0 Å². The van der Waals surface area contributed by atoms with Crippen LogP contribution in [0.2, 0.25) is 0 Å². The van der Waals surface area contributed by atoms with E-state index in [1.807, 2.05) is 12.1 Å². The molecule has 112 valence electrons. The van der Waals surface area contributed by atoms with Crippen LogP contribution in [-0.4, -0.2) is 25.4 Å². The van der Waals surface area contributed by atoms with Crippen molar-refractivity contribution in [2.24, 2.45) is 0 Å². The lowest BCUT2D eigenvalue weighted by molar-refractivity contribution is -0.113. The molecule has 0 saturated heterocycles. The number of pyridine rings is 1. The van der Waals surface area contributed by atoms with Crippen LogP contribution >= 0.6 is 0 Å². The van der Waals surface area contributed by atoms with Gasteiger partial charge in [-0.1, -0.05) is 12.1 Å². The molecule has 0 radical (unpaired) electrons. The third-order valence-electron chi connectivity index (χ3n) is 3.78. The van der Waals surface area contributed by atoms with Gasteiger partial charge in [0.2, 0.25) is 0 Å². The predicted molar refractivity (Wildman–Crippen MR) is 84.8 cm³/mol. The number of hydrogen-bond donors (Lipinski definition) is 0. The predicted octanol–water partition coefficient (Wildman–Crippen LogP) is 2.76. The maximum Gasteiger partial charge on any atom is 0.175 e. The Morgan fingerprint density at radius 1 is 0.909 bits per heavy atom. The number of nitrogens with zero attached hydrogens (tertiary/aromatic N) is 1. The molecule has 1 heterocycles. The third kappa shape index (κ3) is 2.72. The highest BCUT2D eigenvalue weighted by Crippen LogP contribution is 2.37. The zero-order chi connectivity index (χ0) is 15.7. The van der Waals surface area contributed by atoms with Crippen LogP contribution in [0, 0.1) is 0 Å². The van der Waals surface area contributed by atoms with Gasteiger partial charge in [-0.05, 0) is 47.4 Å². The molecule has 0 fully saturated rings. The zero-order valence-electron chi connectivity index (χ0n) is 12.1. The number of benzene rings is 1. The van der Waals surface area contributed by atoms with Gasteiger partial charge in [-0.3, -0.25) is 9.78 Å². The van der Waals surface area contributed by atoms with Crippen LogP contribution in [0.5, 0.6) is 0 Å². The topological polar surface area (TPSA) is 64.1 Å². The molecule has 0 N–H and O–H groups in total. The van der Waals surface area contributed by atoms with E-state index in [9.17, 15) is 13.2 Å². The van der Waals surface area contributed by atoms with E-state index in [0.29, 0.717) is 12.8 Å². The van der Waals surface area contributed by atoms with Gasteiger partial charge in [0.1, 0.15) is 0 Å². The molecule has 0 atom stereocenters. The minimum Gasteiger partial charge on any atom is -0.294 e. The molecule has 0 unspecified atom stereocenters. The normalized spacial score (nSPS) is 15.4. The van der Waals surface area contributed by atoms with Crippen molar-refractivity contribution >= 4 is 26.8 Å². The molecule has 0 amide bonds. The monoisotopic (exact) mass is 313 g/mol. The van der Waals surface area contributed by atoms with E-state index in [0.717, 1.165) is 22.3 Å². The molecular weight excluding hydrogens is 298 g/mol. The summed E-state index contributed by atoms with van der Waals surface area (Å²) < 4.78 is 23.1. The van der Waals surface area contributed by atoms with E-state index in [2.05, 4.69) is 4.98 Å². The molecule has 2 aromatic rings. The molecule has 1 aliphatic rings. The van der Waals surface area contributed by atoms with Gasteiger partial charge in [-0.25, -0.2) is 8.42 Å². The fourth-order valence-electron chi connectivity index (χ4n) is 2.70. The van der Waals surface area contributed by atoms with Crippen LogP contribution in [0.15, 0.2) is 53.7 Å². The Bertz CT molecular complexity index is 851. The molecule has 0 aliphatic heterocycles. The Balaban J connectivity index is 2.09. The number of ketones is 1. The van der Waals surface area contributed by atoms with E-state index < -0.39 is 9.84 Å². The first-order valence-corrected chi connectivity index (χ1v) is 8.83. The Hall–Kier alpha value is -2.27. The van der Waals surface area contributed by atoms with E-state index >= 15 is 0 Å². The summed E-state index contributed by atoms with van der Waals surface area (Å²) in [7, 11) is -3.21. The standard InChI is InChI=1S/C17H15NO3S/c1-22(20,21)14-4-2-12(3-5-14)15-6-7-16(19)17(15)13-8-10-18-11-9-13/h2-5,8-11H,6-7H2,1H3. The lowest BCUT2D eigenvalue weighted by atomic mass is 9.97. The Labute approximate surface area is 129 Å². The van der Waals surface area contributed by atoms with Crippen molar-refractivity contribution in [1.82, 2.24) is 4.98 Å². The first-order valence-electron chi connectivity index (χ1n) is 6.94. The van der Waals surface area contributed by atoms with Crippen molar-refractivity contribution in [2.75, 3.05) is 6.26 Å². The van der Waals surface area contributed by atoms with Crippen molar-refractivity contribution < 1.29 is 13.2 Å². The number of carbonyl (C=O) groups excluding carboxylic acids is 1. The molecule has 0 spiro atoms. The second kappa shape index (κ2) is 5.50. The molecule has 1 aromatic carbocycles. The minimum atomic E-state index is -3.21. The van der Waals surface area contributed by atoms with Gasteiger partial charge >= 0.3 is 0 Å². The van der Waals surface area contributed by atoms with Gasteiger partial charge in [0.25, 0.3) is 0 Å². The van der Waals surface area contributed by atoms with Crippen LogP contribution in [0.25, 0.3) is 11.1 Å². The van der Waals surface area contributed by atoms with E-state index in [4.69, 9.17) is 0 Å². The number of allylic oxidation sites excluding steroid dienone is 2. The quantitative estimate of drug-likeness (QED) is 0.874. The Morgan fingerprint density at radius 3 is 2.14 bits per heavy atom. The molecular formula is C17H15NO3S. The summed E-state index contributed by atoms with van der Waals surface area (Å²) >= 11 is 0. The van der Waals surface area contributed by atoms with Gasteiger partial charge in [-0.2, -0.15) is 0 Å². The summed E-state index contributed by atoms with van der Waals surface area (Å²) in [5, 5.41) is 0. The molecule has 0 bridgehead atoms. The highest BCUT2D eigenvalue weighted by Gasteiger charge is 2.25. The van der Waals surface area contributed by atoms with Gasteiger partial charge in [0.05, 0.1) is 4.90 Å². The molecule has 0 saturated carbocycles. The van der Waals surface area contributed by atoms with Crippen LogP contribution in [0.3, 0.4) is 0 Å². The number of aromatic nitrogens is 1. The lowest BCUT2D eigenvalue weighted by Gasteiger charge is -2.08. The van der Waals surface area contributed by atoms with Gasteiger partial charge in [0, 0.05) is 30.6 Å². The smallest absolute Gasteiger partial charge is 0.175 e. The molecule has 1 aliphatic carbocycles. The van der Waals surface area contributed by atoms with Crippen molar-refractivity contribution in [3.8, 4) is 0 Å². The van der Waals surface area contributed by atoms with Crippen LogP contribution in [0.4, 0.5) is 0 Å². The number of carbonyl (C=O) groups is 1. The first-order chi connectivity index (χ1) is 10.5. The zero-order valence-corrected chi connectivity index (χ0v) is 12.9. The van der Waals surface area contributed by atoms with Gasteiger partial charge in [0.15, 0.2) is 15.6 Å². The van der Waals surface area contributed by atoms with E-state index in [-0.39, 0.29) is 10.7 Å². The molecule has 22 heavy (non-hydrogen) atoms. The summed E-state index contributed by atoms with van der Waals surface area (Å²) in [5.41, 5.74) is 3.44. The van der Waals surface area contributed by atoms with Gasteiger partial charge in [-0.15, -0.1) is 0 Å². The Kier molecular flexibility index (Phi) is 3.66. The summed E-state index contributed by atoms with van der Waals surface area (Å²) in [6, 6.07) is 10.4. The highest BCUT2D eigenvalue weighted by atomic mass is 32.2. The molecule has 4 nitrogen and oxygen atoms in total. The number of Topliss-reactive ketones (excluding diaryl/α,β-unsaturated/α-hetero) is 1. The van der Waals surface area contributed by atoms with Crippen LogP contribution in [0.1, 0.15) is 24.0 Å². The lowest BCUT2D eigenvalue weighted by Crippen LogP contribution is -1.98. The molecule has 1 aromatic heterocycles. The maximum absolute atomic E-state index is 12.2. The Morgan fingerprint density at radius 2 is 1.55 bits per heavy atom. The van der Waals surface area contributed by atoms with Crippen molar-refractivity contribution in [3.63, 3.8) is 0 Å². The number of sulfone groups is 1. The second-order valence-corrected chi connectivity index (χ2v) is 7.32. The summed E-state index contributed by atoms with van der Waals surface area (Å²) in [6.45, 7) is 0. The number of hydrogen-bond acceptors (Lipinski definition) is 4. The molecule has 5 heteroatoms. The second-order valence-electron chi connectivity index (χ2n) is 5.31.